The van der Waals surface area contributed by atoms with E-state index in [2.05, 4.69) is 40.2 Å². The van der Waals surface area contributed by atoms with E-state index >= 15 is 0 Å². The first-order chi connectivity index (χ1) is 7.69. The molecule has 1 aliphatic carbocycles. The third kappa shape index (κ3) is 2.84. The number of nitrogens with two attached hydrogens (primary N) is 1. The highest BCUT2D eigenvalue weighted by atomic mass is 79.9. The molecule has 0 saturated heterocycles. The number of hydrogen-bond donors (Lipinski definition) is 1. The van der Waals surface area contributed by atoms with Crippen molar-refractivity contribution in [3.05, 3.63) is 34.3 Å². The summed E-state index contributed by atoms with van der Waals surface area (Å²) in [7, 11) is 1.78. The highest BCUT2D eigenvalue weighted by molar-refractivity contribution is 9.10. The second kappa shape index (κ2) is 5.30. The Balaban J connectivity index is 1.83. The molecule has 0 aromatic heterocycles. The third-order valence-corrected chi connectivity index (χ3v) is 3.98. The summed E-state index contributed by atoms with van der Waals surface area (Å²) in [4.78, 5) is 0. The van der Waals surface area contributed by atoms with Crippen LogP contribution in [0.25, 0.3) is 0 Å². The Hall–Kier alpha value is -0.380. The van der Waals surface area contributed by atoms with E-state index in [1.54, 1.807) is 7.11 Å². The van der Waals surface area contributed by atoms with Gasteiger partial charge >= 0.3 is 0 Å². The summed E-state index contributed by atoms with van der Waals surface area (Å²) in [5.41, 5.74) is 7.51. The molecule has 0 spiro atoms. The molecule has 2 nitrogen and oxygen atoms in total. The number of methoxy groups -OCH3 is 1. The Morgan fingerprint density at radius 3 is 2.56 bits per heavy atom. The standard InChI is InChI=1S/C13H18BrNO/c1-16-12-7-10(8-12)13(15)6-9-2-4-11(14)5-3-9/h2-5,10,12-13H,6-8,15H2,1H3. The molecule has 1 aliphatic rings. The lowest BCUT2D eigenvalue weighted by Crippen LogP contribution is -2.43. The van der Waals surface area contributed by atoms with Gasteiger partial charge in [-0.05, 0) is 42.9 Å². The fourth-order valence-corrected chi connectivity index (χ4v) is 2.47. The molecule has 0 amide bonds. The maximum atomic E-state index is 6.20. The van der Waals surface area contributed by atoms with Crippen LogP contribution >= 0.6 is 15.9 Å². The van der Waals surface area contributed by atoms with Crippen molar-refractivity contribution in [3.8, 4) is 0 Å². The Morgan fingerprint density at radius 2 is 2.00 bits per heavy atom. The Labute approximate surface area is 105 Å². The minimum absolute atomic E-state index is 0.271. The average Bonchev–Trinajstić information content (AvgIpc) is 2.20. The van der Waals surface area contributed by atoms with Crippen LogP contribution in [0, 0.1) is 5.92 Å². The van der Waals surface area contributed by atoms with Gasteiger partial charge in [-0.2, -0.15) is 0 Å². The van der Waals surface area contributed by atoms with Crippen molar-refractivity contribution in [3.63, 3.8) is 0 Å². The lowest BCUT2D eigenvalue weighted by molar-refractivity contribution is -0.00739. The summed E-state index contributed by atoms with van der Waals surface area (Å²) in [6.45, 7) is 0. The van der Waals surface area contributed by atoms with Gasteiger partial charge in [0.05, 0.1) is 6.10 Å². The van der Waals surface area contributed by atoms with Gasteiger partial charge in [0.2, 0.25) is 0 Å². The highest BCUT2D eigenvalue weighted by Gasteiger charge is 2.33. The second-order valence-electron chi connectivity index (χ2n) is 4.58. The summed E-state index contributed by atoms with van der Waals surface area (Å²) in [6.07, 6.45) is 3.65. The highest BCUT2D eigenvalue weighted by Crippen LogP contribution is 2.32. The summed E-state index contributed by atoms with van der Waals surface area (Å²) >= 11 is 3.43. The maximum absolute atomic E-state index is 6.20. The van der Waals surface area contributed by atoms with Crippen LogP contribution in [0.2, 0.25) is 0 Å². The summed E-state index contributed by atoms with van der Waals surface area (Å²) in [5, 5.41) is 0. The maximum Gasteiger partial charge on any atom is 0.0577 e. The monoisotopic (exact) mass is 283 g/mol. The van der Waals surface area contributed by atoms with Gasteiger partial charge in [-0.3, -0.25) is 0 Å². The zero-order valence-corrected chi connectivity index (χ0v) is 11.1. The fourth-order valence-electron chi connectivity index (χ4n) is 2.21. The van der Waals surface area contributed by atoms with E-state index in [0.29, 0.717) is 12.0 Å². The molecule has 1 aromatic carbocycles. The van der Waals surface area contributed by atoms with E-state index in [0.717, 1.165) is 23.7 Å². The minimum atomic E-state index is 0.271. The molecule has 0 bridgehead atoms. The normalized spacial score (nSPS) is 26.2. The van der Waals surface area contributed by atoms with Crippen LogP contribution in [0.3, 0.4) is 0 Å². The molecule has 0 radical (unpaired) electrons. The number of benzene rings is 1. The molecule has 1 aromatic rings. The smallest absolute Gasteiger partial charge is 0.0577 e. The lowest BCUT2D eigenvalue weighted by Gasteiger charge is -2.38. The van der Waals surface area contributed by atoms with E-state index in [-0.39, 0.29) is 6.04 Å². The van der Waals surface area contributed by atoms with E-state index < -0.39 is 0 Å². The zero-order valence-electron chi connectivity index (χ0n) is 9.53. The van der Waals surface area contributed by atoms with Gasteiger partial charge in [-0.1, -0.05) is 28.1 Å². The van der Waals surface area contributed by atoms with E-state index in [1.165, 1.54) is 5.56 Å². The van der Waals surface area contributed by atoms with Gasteiger partial charge in [-0.15, -0.1) is 0 Å². The number of hydrogen-bond acceptors (Lipinski definition) is 2. The molecule has 3 heteroatoms. The van der Waals surface area contributed by atoms with Crippen molar-refractivity contribution in [1.82, 2.24) is 0 Å². The lowest BCUT2D eigenvalue weighted by atomic mass is 9.76. The van der Waals surface area contributed by atoms with Crippen molar-refractivity contribution < 1.29 is 4.74 Å². The van der Waals surface area contributed by atoms with Gasteiger partial charge in [0.15, 0.2) is 0 Å². The van der Waals surface area contributed by atoms with E-state index in [1.807, 2.05) is 0 Å². The average molecular weight is 284 g/mol. The van der Waals surface area contributed by atoms with Crippen LogP contribution in [0.5, 0.6) is 0 Å². The molecule has 1 unspecified atom stereocenters. The molecule has 88 valence electrons. The first-order valence-corrected chi connectivity index (χ1v) is 6.51. The molecular weight excluding hydrogens is 266 g/mol. The topological polar surface area (TPSA) is 35.2 Å². The second-order valence-corrected chi connectivity index (χ2v) is 5.50. The van der Waals surface area contributed by atoms with Gasteiger partial charge in [0.1, 0.15) is 0 Å². The molecule has 2 rings (SSSR count). The third-order valence-electron chi connectivity index (χ3n) is 3.45. The first kappa shape index (κ1) is 12.1. The van der Waals surface area contributed by atoms with Gasteiger partial charge in [-0.25, -0.2) is 0 Å². The van der Waals surface area contributed by atoms with Crippen LogP contribution in [-0.4, -0.2) is 19.3 Å². The first-order valence-electron chi connectivity index (χ1n) is 5.72. The quantitative estimate of drug-likeness (QED) is 0.922. The molecule has 16 heavy (non-hydrogen) atoms. The van der Waals surface area contributed by atoms with Crippen molar-refractivity contribution in [2.24, 2.45) is 11.7 Å². The molecule has 1 atom stereocenters. The van der Waals surface area contributed by atoms with Crippen LogP contribution in [0.15, 0.2) is 28.7 Å². The summed E-state index contributed by atoms with van der Waals surface area (Å²) < 4.78 is 6.39. The molecular formula is C13H18BrNO. The van der Waals surface area contributed by atoms with Crippen molar-refractivity contribution in [1.29, 1.82) is 0 Å². The van der Waals surface area contributed by atoms with Crippen LogP contribution in [0.1, 0.15) is 18.4 Å². The summed E-state index contributed by atoms with van der Waals surface area (Å²) in [5.74, 6) is 0.633. The van der Waals surface area contributed by atoms with Crippen molar-refractivity contribution in [2.45, 2.75) is 31.4 Å². The predicted molar refractivity (Wildman–Crippen MR) is 69.3 cm³/mol. The van der Waals surface area contributed by atoms with Gasteiger partial charge < -0.3 is 10.5 Å². The Kier molecular flexibility index (Phi) is 4.00. The Bertz CT molecular complexity index is 332. The van der Waals surface area contributed by atoms with Gasteiger partial charge in [0, 0.05) is 17.6 Å². The van der Waals surface area contributed by atoms with Crippen LogP contribution < -0.4 is 5.73 Å². The molecule has 0 aliphatic heterocycles. The molecule has 1 saturated carbocycles. The minimum Gasteiger partial charge on any atom is -0.381 e. The van der Waals surface area contributed by atoms with Crippen LogP contribution in [0.4, 0.5) is 0 Å². The largest absolute Gasteiger partial charge is 0.381 e. The molecule has 1 fully saturated rings. The van der Waals surface area contributed by atoms with Crippen LogP contribution in [-0.2, 0) is 11.2 Å². The Morgan fingerprint density at radius 1 is 1.38 bits per heavy atom. The fraction of sp³-hybridized carbons (Fsp3) is 0.538. The number of halogens is 1. The predicted octanol–water partition coefficient (Wildman–Crippen LogP) is 2.74. The zero-order chi connectivity index (χ0) is 11.5. The van der Waals surface area contributed by atoms with Gasteiger partial charge in [0.25, 0.3) is 0 Å². The van der Waals surface area contributed by atoms with Crippen molar-refractivity contribution in [2.75, 3.05) is 7.11 Å². The molecule has 2 N–H and O–H groups in total. The van der Waals surface area contributed by atoms with E-state index in [4.69, 9.17) is 10.5 Å². The molecule has 0 heterocycles. The SMILES string of the molecule is COC1CC(C(N)Cc2ccc(Br)cc2)C1. The van der Waals surface area contributed by atoms with E-state index in [9.17, 15) is 0 Å². The number of rotatable bonds is 4. The summed E-state index contributed by atoms with van der Waals surface area (Å²) in [6, 6.07) is 8.68. The number of ether oxygens (including phenoxy) is 1. The van der Waals surface area contributed by atoms with Crippen molar-refractivity contribution >= 4 is 15.9 Å².